The number of nitrogens with zero attached hydrogens (tertiary/aromatic N) is 4. The first-order chi connectivity index (χ1) is 11.8. The molecule has 0 amide bonds. The van der Waals surface area contributed by atoms with E-state index in [9.17, 15) is 0 Å². The van der Waals surface area contributed by atoms with E-state index in [2.05, 4.69) is 56.3 Å². The summed E-state index contributed by atoms with van der Waals surface area (Å²) in [5, 5.41) is 0. The number of fused-ring (bicyclic) bond motifs is 1. The van der Waals surface area contributed by atoms with Gasteiger partial charge >= 0.3 is 0 Å². The summed E-state index contributed by atoms with van der Waals surface area (Å²) < 4.78 is 2.34. The lowest BCUT2D eigenvalue weighted by Crippen LogP contribution is -2.34. The molecular weight excluding hydrogens is 298 g/mol. The fourth-order valence-electron chi connectivity index (χ4n) is 3.90. The van der Waals surface area contributed by atoms with Crippen molar-refractivity contribution in [2.45, 2.75) is 45.4 Å². The Labute approximate surface area is 142 Å². The standard InChI is InChI=1S/C19H25N5/c1-3-5-17-20-12-16-6-4-7-18(24(16)17)23-10-8-15(9-11-23)19-14(2)21-13-22-19/h4,6-7,12-13,15H,3,5,8-11H2,1-2H3,(H,21,22). The molecule has 0 atom stereocenters. The van der Waals surface area contributed by atoms with E-state index in [0.717, 1.165) is 38.8 Å². The van der Waals surface area contributed by atoms with Gasteiger partial charge in [0.25, 0.3) is 0 Å². The molecule has 1 aliphatic rings. The molecule has 24 heavy (non-hydrogen) atoms. The molecule has 1 N–H and O–H groups in total. The lowest BCUT2D eigenvalue weighted by Gasteiger charge is -2.33. The van der Waals surface area contributed by atoms with Crippen LogP contribution >= 0.6 is 0 Å². The lowest BCUT2D eigenvalue weighted by molar-refractivity contribution is 0.492. The van der Waals surface area contributed by atoms with Crippen molar-refractivity contribution in [3.63, 3.8) is 0 Å². The number of anilines is 1. The summed E-state index contributed by atoms with van der Waals surface area (Å²) >= 11 is 0. The molecular formula is C19H25N5. The van der Waals surface area contributed by atoms with Gasteiger partial charge in [0.1, 0.15) is 11.6 Å². The number of H-pyrrole nitrogens is 1. The largest absolute Gasteiger partial charge is 0.358 e. The number of nitrogens with one attached hydrogen (secondary N) is 1. The number of imidazole rings is 2. The average Bonchev–Trinajstić information content (AvgIpc) is 3.22. The normalized spacial score (nSPS) is 16.2. The molecule has 3 aromatic heterocycles. The van der Waals surface area contributed by atoms with E-state index in [-0.39, 0.29) is 0 Å². The zero-order valence-corrected chi connectivity index (χ0v) is 14.5. The van der Waals surface area contributed by atoms with Crippen LogP contribution in [0.15, 0.2) is 30.7 Å². The highest BCUT2D eigenvalue weighted by Crippen LogP contribution is 2.31. The summed E-state index contributed by atoms with van der Waals surface area (Å²) in [6, 6.07) is 6.52. The van der Waals surface area contributed by atoms with Crippen molar-refractivity contribution in [2.24, 2.45) is 0 Å². The molecule has 0 spiro atoms. The van der Waals surface area contributed by atoms with Crippen LogP contribution in [0.1, 0.15) is 49.3 Å². The topological polar surface area (TPSA) is 49.2 Å². The summed E-state index contributed by atoms with van der Waals surface area (Å²) in [6.45, 7) is 6.47. The Morgan fingerprint density at radius 3 is 2.75 bits per heavy atom. The number of aromatic amines is 1. The van der Waals surface area contributed by atoms with Gasteiger partial charge in [0.15, 0.2) is 0 Å². The van der Waals surface area contributed by atoms with Crippen LogP contribution in [0, 0.1) is 6.92 Å². The smallest absolute Gasteiger partial charge is 0.114 e. The molecule has 1 saturated heterocycles. The molecule has 5 heteroatoms. The SMILES string of the molecule is CCCc1ncc2cccc(N3CCC(c4nc[nH]c4C)CC3)n12. The zero-order valence-electron chi connectivity index (χ0n) is 14.5. The Morgan fingerprint density at radius 2 is 2.04 bits per heavy atom. The van der Waals surface area contributed by atoms with Gasteiger partial charge in [0.2, 0.25) is 0 Å². The number of hydrogen-bond donors (Lipinski definition) is 1. The minimum atomic E-state index is 0.574. The Bertz CT molecular complexity index is 823. The van der Waals surface area contributed by atoms with Crippen molar-refractivity contribution in [1.82, 2.24) is 19.4 Å². The number of aromatic nitrogens is 4. The highest BCUT2D eigenvalue weighted by Gasteiger charge is 2.24. The molecule has 1 fully saturated rings. The first-order valence-electron chi connectivity index (χ1n) is 8.98. The van der Waals surface area contributed by atoms with Crippen LogP contribution in [0.3, 0.4) is 0 Å². The van der Waals surface area contributed by atoms with E-state index in [1.807, 2.05) is 12.5 Å². The molecule has 5 nitrogen and oxygen atoms in total. The van der Waals surface area contributed by atoms with Crippen LogP contribution < -0.4 is 4.90 Å². The van der Waals surface area contributed by atoms with Gasteiger partial charge in [-0.25, -0.2) is 9.97 Å². The van der Waals surface area contributed by atoms with Crippen molar-refractivity contribution < 1.29 is 0 Å². The molecule has 126 valence electrons. The Morgan fingerprint density at radius 1 is 1.21 bits per heavy atom. The maximum atomic E-state index is 4.63. The maximum absolute atomic E-state index is 4.63. The second-order valence-corrected chi connectivity index (χ2v) is 6.74. The van der Waals surface area contributed by atoms with E-state index in [4.69, 9.17) is 0 Å². The summed E-state index contributed by atoms with van der Waals surface area (Å²) in [5.41, 5.74) is 3.67. The number of hydrogen-bond acceptors (Lipinski definition) is 3. The van der Waals surface area contributed by atoms with Gasteiger partial charge in [0, 0.05) is 31.1 Å². The summed E-state index contributed by atoms with van der Waals surface area (Å²) in [7, 11) is 0. The predicted molar refractivity (Wildman–Crippen MR) is 96.7 cm³/mol. The molecule has 1 aliphatic heterocycles. The molecule has 3 aromatic rings. The minimum absolute atomic E-state index is 0.574. The molecule has 0 unspecified atom stereocenters. The van der Waals surface area contributed by atoms with Crippen LogP contribution in [-0.2, 0) is 6.42 Å². The van der Waals surface area contributed by atoms with Gasteiger partial charge in [0.05, 0.1) is 23.7 Å². The van der Waals surface area contributed by atoms with Gasteiger partial charge in [-0.05, 0) is 38.3 Å². The quantitative estimate of drug-likeness (QED) is 0.796. The Hall–Kier alpha value is -2.30. The second-order valence-electron chi connectivity index (χ2n) is 6.74. The summed E-state index contributed by atoms with van der Waals surface area (Å²) in [4.78, 5) is 14.9. The van der Waals surface area contributed by atoms with Gasteiger partial charge in [-0.1, -0.05) is 13.0 Å². The van der Waals surface area contributed by atoms with E-state index < -0.39 is 0 Å². The first kappa shape index (κ1) is 15.2. The fraction of sp³-hybridized carbons (Fsp3) is 0.474. The molecule has 0 bridgehead atoms. The molecule has 0 aliphatic carbocycles. The third-order valence-electron chi connectivity index (χ3n) is 5.15. The van der Waals surface area contributed by atoms with Gasteiger partial charge < -0.3 is 9.88 Å². The van der Waals surface area contributed by atoms with Crippen LogP contribution in [0.25, 0.3) is 5.52 Å². The highest BCUT2D eigenvalue weighted by molar-refractivity contribution is 5.56. The minimum Gasteiger partial charge on any atom is -0.358 e. The van der Waals surface area contributed by atoms with E-state index in [1.54, 1.807) is 0 Å². The van der Waals surface area contributed by atoms with Crippen molar-refractivity contribution in [1.29, 1.82) is 0 Å². The number of rotatable bonds is 4. The van der Waals surface area contributed by atoms with Gasteiger partial charge in [-0.2, -0.15) is 0 Å². The van der Waals surface area contributed by atoms with Crippen molar-refractivity contribution in [3.05, 3.63) is 47.9 Å². The van der Waals surface area contributed by atoms with Crippen molar-refractivity contribution in [3.8, 4) is 0 Å². The summed E-state index contributed by atoms with van der Waals surface area (Å²) in [6.07, 6.45) is 8.26. The summed E-state index contributed by atoms with van der Waals surface area (Å²) in [5.74, 6) is 3.03. The first-order valence-corrected chi connectivity index (χ1v) is 8.98. The lowest BCUT2D eigenvalue weighted by atomic mass is 9.92. The van der Waals surface area contributed by atoms with E-state index in [1.165, 1.54) is 28.5 Å². The number of pyridine rings is 1. The second kappa shape index (κ2) is 6.30. The van der Waals surface area contributed by atoms with Crippen LogP contribution in [0.5, 0.6) is 0 Å². The van der Waals surface area contributed by atoms with E-state index >= 15 is 0 Å². The fourth-order valence-corrected chi connectivity index (χ4v) is 3.90. The van der Waals surface area contributed by atoms with Gasteiger partial charge in [-0.3, -0.25) is 4.40 Å². The van der Waals surface area contributed by atoms with E-state index in [0.29, 0.717) is 5.92 Å². The molecule has 4 rings (SSSR count). The van der Waals surface area contributed by atoms with Crippen LogP contribution in [-0.4, -0.2) is 32.4 Å². The molecule has 0 aromatic carbocycles. The van der Waals surface area contributed by atoms with Crippen molar-refractivity contribution in [2.75, 3.05) is 18.0 Å². The monoisotopic (exact) mass is 323 g/mol. The van der Waals surface area contributed by atoms with Crippen LogP contribution in [0.2, 0.25) is 0 Å². The molecule has 4 heterocycles. The predicted octanol–water partition coefficient (Wildman–Crippen LogP) is 3.70. The number of piperidine rings is 1. The highest BCUT2D eigenvalue weighted by atomic mass is 15.2. The van der Waals surface area contributed by atoms with Gasteiger partial charge in [-0.15, -0.1) is 0 Å². The average molecular weight is 323 g/mol. The van der Waals surface area contributed by atoms with Crippen LogP contribution in [0.4, 0.5) is 5.82 Å². The van der Waals surface area contributed by atoms with Crippen molar-refractivity contribution >= 4 is 11.3 Å². The zero-order chi connectivity index (χ0) is 16.5. The Kier molecular flexibility index (Phi) is 4.00. The molecule has 0 radical (unpaired) electrons. The third-order valence-corrected chi connectivity index (χ3v) is 5.15. The molecule has 0 saturated carbocycles. The number of aryl methyl sites for hydroxylation is 2. The third kappa shape index (κ3) is 2.58. The Balaban J connectivity index is 1.58. The maximum Gasteiger partial charge on any atom is 0.114 e.